The van der Waals surface area contributed by atoms with Crippen LogP contribution >= 0.6 is 0 Å². The van der Waals surface area contributed by atoms with Crippen molar-refractivity contribution in [3.8, 4) is 0 Å². The molecule has 128 valence electrons. The molecule has 2 fully saturated rings. The van der Waals surface area contributed by atoms with Crippen LogP contribution in [0.3, 0.4) is 0 Å². The summed E-state index contributed by atoms with van der Waals surface area (Å²) in [5, 5.41) is 0. The second kappa shape index (κ2) is 7.81. The Morgan fingerprint density at radius 2 is 1.68 bits per heavy atom. The van der Waals surface area contributed by atoms with Crippen molar-refractivity contribution >= 4 is 5.91 Å². The van der Waals surface area contributed by atoms with Crippen LogP contribution in [0.25, 0.3) is 0 Å². The third-order valence-corrected chi connectivity index (χ3v) is 5.96. The highest BCUT2D eigenvalue weighted by Gasteiger charge is 2.31. The summed E-state index contributed by atoms with van der Waals surface area (Å²) in [6, 6.07) is 0. The maximum absolute atomic E-state index is 12.2. The molecule has 2 unspecified atom stereocenters. The van der Waals surface area contributed by atoms with E-state index in [1.54, 1.807) is 0 Å². The SMILES string of the molecule is CC(C)C(=O)N1CCC(CN2CCC(C(C)C)CC2)C(C)C1. The van der Waals surface area contributed by atoms with Crippen molar-refractivity contribution in [1.29, 1.82) is 0 Å². The van der Waals surface area contributed by atoms with E-state index in [2.05, 4.69) is 30.6 Å². The lowest BCUT2D eigenvalue weighted by Gasteiger charge is -2.41. The number of nitrogens with zero attached hydrogens (tertiary/aromatic N) is 2. The lowest BCUT2D eigenvalue weighted by molar-refractivity contribution is -0.137. The van der Waals surface area contributed by atoms with E-state index < -0.39 is 0 Å². The first-order valence-corrected chi connectivity index (χ1v) is 9.39. The average Bonchev–Trinajstić information content (AvgIpc) is 2.49. The van der Waals surface area contributed by atoms with Gasteiger partial charge in [0.1, 0.15) is 0 Å². The third-order valence-electron chi connectivity index (χ3n) is 5.96. The largest absolute Gasteiger partial charge is 0.342 e. The maximum atomic E-state index is 12.2. The van der Waals surface area contributed by atoms with Gasteiger partial charge in [0.2, 0.25) is 5.91 Å². The Hall–Kier alpha value is -0.570. The molecule has 0 spiro atoms. The minimum absolute atomic E-state index is 0.138. The summed E-state index contributed by atoms with van der Waals surface area (Å²) in [4.78, 5) is 16.9. The predicted molar refractivity (Wildman–Crippen MR) is 92.7 cm³/mol. The Bertz CT molecular complexity index is 358. The smallest absolute Gasteiger partial charge is 0.225 e. The van der Waals surface area contributed by atoms with Crippen LogP contribution in [0, 0.1) is 29.6 Å². The zero-order valence-corrected chi connectivity index (χ0v) is 15.3. The van der Waals surface area contributed by atoms with E-state index in [9.17, 15) is 4.79 Å². The molecule has 3 nitrogen and oxygen atoms in total. The molecule has 2 aliphatic rings. The summed E-state index contributed by atoms with van der Waals surface area (Å²) < 4.78 is 0. The first-order valence-electron chi connectivity index (χ1n) is 9.39. The zero-order valence-electron chi connectivity index (χ0n) is 15.3. The maximum Gasteiger partial charge on any atom is 0.225 e. The van der Waals surface area contributed by atoms with E-state index >= 15 is 0 Å². The van der Waals surface area contributed by atoms with Crippen LogP contribution in [0.5, 0.6) is 0 Å². The molecule has 1 amide bonds. The highest BCUT2D eigenvalue weighted by Crippen LogP contribution is 2.29. The molecule has 0 aromatic rings. The van der Waals surface area contributed by atoms with Crippen molar-refractivity contribution < 1.29 is 4.79 Å². The Balaban J connectivity index is 1.77. The normalized spacial score (nSPS) is 28.6. The van der Waals surface area contributed by atoms with Gasteiger partial charge in [-0.25, -0.2) is 0 Å². The summed E-state index contributed by atoms with van der Waals surface area (Å²) in [6.07, 6.45) is 3.93. The first-order chi connectivity index (χ1) is 10.4. The monoisotopic (exact) mass is 308 g/mol. The quantitative estimate of drug-likeness (QED) is 0.793. The van der Waals surface area contributed by atoms with Crippen LogP contribution < -0.4 is 0 Å². The molecule has 2 saturated heterocycles. The molecule has 2 heterocycles. The predicted octanol–water partition coefficient (Wildman–Crippen LogP) is 3.50. The van der Waals surface area contributed by atoms with Crippen LogP contribution in [-0.4, -0.2) is 48.4 Å². The van der Waals surface area contributed by atoms with Gasteiger partial charge < -0.3 is 9.80 Å². The fourth-order valence-corrected chi connectivity index (χ4v) is 4.16. The molecular formula is C19H36N2O. The Morgan fingerprint density at radius 1 is 1.05 bits per heavy atom. The Labute approximate surface area is 137 Å². The minimum atomic E-state index is 0.138. The van der Waals surface area contributed by atoms with E-state index in [4.69, 9.17) is 0 Å². The van der Waals surface area contributed by atoms with Gasteiger partial charge in [-0.05, 0) is 56.0 Å². The number of hydrogen-bond donors (Lipinski definition) is 0. The van der Waals surface area contributed by atoms with E-state index in [-0.39, 0.29) is 5.92 Å². The van der Waals surface area contributed by atoms with Gasteiger partial charge in [0.05, 0.1) is 0 Å². The summed E-state index contributed by atoms with van der Waals surface area (Å²) >= 11 is 0. The molecule has 2 aliphatic heterocycles. The number of carbonyl (C=O) groups excluding carboxylic acids is 1. The van der Waals surface area contributed by atoms with E-state index in [0.29, 0.717) is 11.8 Å². The number of likely N-dealkylation sites (tertiary alicyclic amines) is 2. The van der Waals surface area contributed by atoms with Gasteiger partial charge >= 0.3 is 0 Å². The van der Waals surface area contributed by atoms with Crippen LogP contribution in [0.2, 0.25) is 0 Å². The Kier molecular flexibility index (Phi) is 6.31. The van der Waals surface area contributed by atoms with Crippen LogP contribution in [0.15, 0.2) is 0 Å². The molecule has 0 aromatic carbocycles. The van der Waals surface area contributed by atoms with Crippen molar-refractivity contribution in [2.75, 3.05) is 32.7 Å². The van der Waals surface area contributed by atoms with Crippen LogP contribution in [0.4, 0.5) is 0 Å². The lowest BCUT2D eigenvalue weighted by atomic mass is 9.83. The average molecular weight is 309 g/mol. The number of hydrogen-bond acceptors (Lipinski definition) is 2. The van der Waals surface area contributed by atoms with Gasteiger partial charge in [-0.3, -0.25) is 4.79 Å². The zero-order chi connectivity index (χ0) is 16.3. The van der Waals surface area contributed by atoms with Gasteiger partial charge in [0, 0.05) is 25.6 Å². The summed E-state index contributed by atoms with van der Waals surface area (Å²) in [5.41, 5.74) is 0. The summed E-state index contributed by atoms with van der Waals surface area (Å²) in [7, 11) is 0. The van der Waals surface area contributed by atoms with Crippen molar-refractivity contribution in [3.63, 3.8) is 0 Å². The van der Waals surface area contributed by atoms with Crippen LogP contribution in [-0.2, 0) is 4.79 Å². The molecule has 2 rings (SSSR count). The van der Waals surface area contributed by atoms with Gasteiger partial charge in [0.25, 0.3) is 0 Å². The van der Waals surface area contributed by atoms with Gasteiger partial charge in [-0.15, -0.1) is 0 Å². The molecule has 0 radical (unpaired) electrons. The fourth-order valence-electron chi connectivity index (χ4n) is 4.16. The second-order valence-electron chi connectivity index (χ2n) is 8.35. The Morgan fingerprint density at radius 3 is 2.18 bits per heavy atom. The van der Waals surface area contributed by atoms with Crippen molar-refractivity contribution in [2.45, 2.75) is 53.9 Å². The van der Waals surface area contributed by atoms with Gasteiger partial charge in [0.15, 0.2) is 0 Å². The highest BCUT2D eigenvalue weighted by atomic mass is 16.2. The van der Waals surface area contributed by atoms with Crippen molar-refractivity contribution in [2.24, 2.45) is 29.6 Å². The standard InChI is InChI=1S/C19H36N2O/c1-14(2)17-6-9-20(10-7-17)13-18-8-11-21(12-16(18)5)19(22)15(3)4/h14-18H,6-13H2,1-5H3. The molecule has 0 aromatic heterocycles. The van der Waals surface area contributed by atoms with Crippen molar-refractivity contribution in [1.82, 2.24) is 9.80 Å². The van der Waals surface area contributed by atoms with E-state index in [1.807, 2.05) is 13.8 Å². The molecule has 0 saturated carbocycles. The number of carbonyl (C=O) groups is 1. The van der Waals surface area contributed by atoms with Gasteiger partial charge in [-0.2, -0.15) is 0 Å². The molecular weight excluding hydrogens is 272 g/mol. The highest BCUT2D eigenvalue weighted by molar-refractivity contribution is 5.78. The second-order valence-corrected chi connectivity index (χ2v) is 8.35. The number of amides is 1. The minimum Gasteiger partial charge on any atom is -0.342 e. The molecule has 0 bridgehead atoms. The first kappa shape index (κ1) is 17.8. The molecule has 3 heteroatoms. The third kappa shape index (κ3) is 4.47. The summed E-state index contributed by atoms with van der Waals surface area (Å²) in [5.74, 6) is 3.65. The van der Waals surface area contributed by atoms with Crippen molar-refractivity contribution in [3.05, 3.63) is 0 Å². The van der Waals surface area contributed by atoms with Gasteiger partial charge in [-0.1, -0.05) is 34.6 Å². The lowest BCUT2D eigenvalue weighted by Crippen LogP contribution is -2.48. The number of piperidine rings is 2. The molecule has 0 N–H and O–H groups in total. The molecule has 2 atom stereocenters. The van der Waals surface area contributed by atoms with Crippen LogP contribution in [0.1, 0.15) is 53.9 Å². The molecule has 22 heavy (non-hydrogen) atoms. The topological polar surface area (TPSA) is 23.6 Å². The fraction of sp³-hybridized carbons (Fsp3) is 0.947. The number of rotatable bonds is 4. The summed E-state index contributed by atoms with van der Waals surface area (Å²) in [6.45, 7) is 16.8. The molecule has 0 aliphatic carbocycles. The van der Waals surface area contributed by atoms with E-state index in [1.165, 1.54) is 38.9 Å². The van der Waals surface area contributed by atoms with E-state index in [0.717, 1.165) is 30.8 Å².